The first-order valence-electron chi connectivity index (χ1n) is 6.97. The van der Waals surface area contributed by atoms with Gasteiger partial charge in [0.15, 0.2) is 0 Å². The van der Waals surface area contributed by atoms with Crippen LogP contribution in [0.2, 0.25) is 0 Å². The molecule has 18 heavy (non-hydrogen) atoms. The first kappa shape index (κ1) is 12.0. The van der Waals surface area contributed by atoms with Crippen molar-refractivity contribution in [2.75, 3.05) is 18.9 Å². The molecule has 3 unspecified atom stereocenters. The van der Waals surface area contributed by atoms with Crippen LogP contribution >= 0.6 is 0 Å². The van der Waals surface area contributed by atoms with Crippen LogP contribution in [0.3, 0.4) is 0 Å². The van der Waals surface area contributed by atoms with Crippen molar-refractivity contribution < 1.29 is 4.74 Å². The molecule has 0 spiro atoms. The van der Waals surface area contributed by atoms with E-state index in [2.05, 4.69) is 24.4 Å². The average Bonchev–Trinajstić information content (AvgIpc) is 2.93. The fraction of sp³-hybridized carbons (Fsp3) is 0.600. The summed E-state index contributed by atoms with van der Waals surface area (Å²) in [7, 11) is 0. The highest BCUT2D eigenvalue weighted by Crippen LogP contribution is 2.32. The highest BCUT2D eigenvalue weighted by molar-refractivity contribution is 5.47. The van der Waals surface area contributed by atoms with Crippen molar-refractivity contribution in [2.24, 2.45) is 5.92 Å². The zero-order valence-corrected chi connectivity index (χ0v) is 11.0. The van der Waals surface area contributed by atoms with E-state index in [4.69, 9.17) is 10.5 Å². The summed E-state index contributed by atoms with van der Waals surface area (Å²) < 4.78 is 5.61. The van der Waals surface area contributed by atoms with E-state index in [1.165, 1.54) is 24.0 Å². The van der Waals surface area contributed by atoms with Crippen LogP contribution in [0, 0.1) is 5.92 Å². The molecule has 3 heteroatoms. The van der Waals surface area contributed by atoms with Crippen LogP contribution in [0.15, 0.2) is 18.2 Å². The van der Waals surface area contributed by atoms with Gasteiger partial charge in [-0.25, -0.2) is 0 Å². The van der Waals surface area contributed by atoms with Crippen molar-refractivity contribution >= 4 is 5.69 Å². The SMILES string of the molecule is CC1OCCC1CNC1CCc2cc(N)ccc21. The van der Waals surface area contributed by atoms with Gasteiger partial charge in [-0.15, -0.1) is 0 Å². The molecule has 0 amide bonds. The van der Waals surface area contributed by atoms with Crippen molar-refractivity contribution in [3.8, 4) is 0 Å². The predicted molar refractivity (Wildman–Crippen MR) is 73.4 cm³/mol. The summed E-state index contributed by atoms with van der Waals surface area (Å²) in [5, 5.41) is 3.71. The van der Waals surface area contributed by atoms with Crippen molar-refractivity contribution in [3.63, 3.8) is 0 Å². The molecule has 0 radical (unpaired) electrons. The summed E-state index contributed by atoms with van der Waals surface area (Å²) in [4.78, 5) is 0. The van der Waals surface area contributed by atoms with Gasteiger partial charge in [0.2, 0.25) is 0 Å². The summed E-state index contributed by atoms with van der Waals surface area (Å²) in [5.41, 5.74) is 9.57. The van der Waals surface area contributed by atoms with E-state index < -0.39 is 0 Å². The van der Waals surface area contributed by atoms with E-state index in [1.807, 2.05) is 6.07 Å². The summed E-state index contributed by atoms with van der Waals surface area (Å²) >= 11 is 0. The van der Waals surface area contributed by atoms with Crippen LogP contribution in [0.4, 0.5) is 5.69 Å². The number of nitrogens with one attached hydrogen (secondary N) is 1. The predicted octanol–water partition coefficient (Wildman–Crippen LogP) is 2.27. The zero-order valence-electron chi connectivity index (χ0n) is 11.0. The molecular formula is C15H22N2O. The maximum atomic E-state index is 5.83. The Morgan fingerprint density at radius 2 is 2.28 bits per heavy atom. The van der Waals surface area contributed by atoms with Crippen LogP contribution in [-0.4, -0.2) is 19.3 Å². The van der Waals surface area contributed by atoms with Crippen molar-refractivity contribution in [1.82, 2.24) is 5.32 Å². The van der Waals surface area contributed by atoms with Gasteiger partial charge in [-0.05, 0) is 55.4 Å². The summed E-state index contributed by atoms with van der Waals surface area (Å²) in [6.45, 7) is 4.17. The number of hydrogen-bond donors (Lipinski definition) is 2. The van der Waals surface area contributed by atoms with Crippen molar-refractivity contribution in [2.45, 2.75) is 38.3 Å². The van der Waals surface area contributed by atoms with Gasteiger partial charge in [0, 0.05) is 24.9 Å². The molecule has 3 rings (SSSR count). The normalized spacial score (nSPS) is 30.6. The molecule has 1 aliphatic carbocycles. The second-order valence-corrected chi connectivity index (χ2v) is 5.58. The number of nitrogen functional groups attached to an aromatic ring is 1. The number of benzene rings is 1. The van der Waals surface area contributed by atoms with E-state index in [9.17, 15) is 0 Å². The maximum absolute atomic E-state index is 5.83. The molecule has 1 aliphatic heterocycles. The summed E-state index contributed by atoms with van der Waals surface area (Å²) in [5.74, 6) is 0.669. The number of aryl methyl sites for hydroxylation is 1. The van der Waals surface area contributed by atoms with Gasteiger partial charge < -0.3 is 15.8 Å². The molecule has 0 aromatic heterocycles. The minimum Gasteiger partial charge on any atom is -0.399 e. The van der Waals surface area contributed by atoms with E-state index in [0.717, 1.165) is 25.3 Å². The molecule has 3 N–H and O–H groups in total. The monoisotopic (exact) mass is 246 g/mol. The third kappa shape index (κ3) is 2.25. The van der Waals surface area contributed by atoms with Crippen LogP contribution in [0.5, 0.6) is 0 Å². The summed E-state index contributed by atoms with van der Waals surface area (Å²) in [6.07, 6.45) is 3.94. The topological polar surface area (TPSA) is 47.3 Å². The number of fused-ring (bicyclic) bond motifs is 1. The molecule has 0 saturated carbocycles. The van der Waals surface area contributed by atoms with Crippen LogP contribution < -0.4 is 11.1 Å². The minimum absolute atomic E-state index is 0.407. The molecule has 98 valence electrons. The number of ether oxygens (including phenoxy) is 1. The highest BCUT2D eigenvalue weighted by atomic mass is 16.5. The van der Waals surface area contributed by atoms with E-state index in [0.29, 0.717) is 18.1 Å². The van der Waals surface area contributed by atoms with Crippen LogP contribution in [0.1, 0.15) is 36.9 Å². The Morgan fingerprint density at radius 1 is 1.39 bits per heavy atom. The number of anilines is 1. The molecule has 1 heterocycles. The van der Waals surface area contributed by atoms with Gasteiger partial charge in [-0.2, -0.15) is 0 Å². The lowest BCUT2D eigenvalue weighted by atomic mass is 10.0. The van der Waals surface area contributed by atoms with E-state index in [-0.39, 0.29) is 0 Å². The zero-order chi connectivity index (χ0) is 12.5. The first-order valence-corrected chi connectivity index (χ1v) is 6.97. The molecular weight excluding hydrogens is 224 g/mol. The van der Waals surface area contributed by atoms with Gasteiger partial charge in [0.25, 0.3) is 0 Å². The molecule has 1 saturated heterocycles. The van der Waals surface area contributed by atoms with Crippen LogP contribution in [0.25, 0.3) is 0 Å². The van der Waals surface area contributed by atoms with Crippen molar-refractivity contribution in [1.29, 1.82) is 0 Å². The van der Waals surface area contributed by atoms with Gasteiger partial charge >= 0.3 is 0 Å². The number of rotatable bonds is 3. The van der Waals surface area contributed by atoms with E-state index in [1.54, 1.807) is 0 Å². The lowest BCUT2D eigenvalue weighted by Crippen LogP contribution is -2.29. The molecule has 1 aromatic rings. The largest absolute Gasteiger partial charge is 0.399 e. The average molecular weight is 246 g/mol. The summed E-state index contributed by atoms with van der Waals surface area (Å²) in [6, 6.07) is 6.83. The molecule has 2 aliphatic rings. The van der Waals surface area contributed by atoms with Crippen LogP contribution in [-0.2, 0) is 11.2 Å². The Bertz CT molecular complexity index is 433. The fourth-order valence-electron chi connectivity index (χ4n) is 3.19. The second kappa shape index (κ2) is 4.90. The Hall–Kier alpha value is -1.06. The Labute approximate surface area is 109 Å². The first-order chi connectivity index (χ1) is 8.74. The maximum Gasteiger partial charge on any atom is 0.0588 e. The number of hydrogen-bond acceptors (Lipinski definition) is 3. The second-order valence-electron chi connectivity index (χ2n) is 5.58. The standard InChI is InChI=1S/C15H22N2O/c1-10-12(6-7-18-10)9-17-15-5-2-11-8-13(16)3-4-14(11)15/h3-4,8,10,12,15,17H,2,5-7,9,16H2,1H3. The Kier molecular flexibility index (Phi) is 3.27. The van der Waals surface area contributed by atoms with Crippen molar-refractivity contribution in [3.05, 3.63) is 29.3 Å². The smallest absolute Gasteiger partial charge is 0.0588 e. The quantitative estimate of drug-likeness (QED) is 0.804. The lowest BCUT2D eigenvalue weighted by Gasteiger charge is -2.19. The molecule has 3 nitrogen and oxygen atoms in total. The molecule has 1 fully saturated rings. The van der Waals surface area contributed by atoms with Gasteiger partial charge in [0.05, 0.1) is 6.10 Å². The third-order valence-corrected chi connectivity index (χ3v) is 4.40. The minimum atomic E-state index is 0.407. The Morgan fingerprint density at radius 3 is 3.06 bits per heavy atom. The Balaban J connectivity index is 1.62. The molecule has 0 bridgehead atoms. The number of nitrogens with two attached hydrogens (primary N) is 1. The van der Waals surface area contributed by atoms with Gasteiger partial charge in [-0.1, -0.05) is 6.07 Å². The fourth-order valence-corrected chi connectivity index (χ4v) is 3.19. The highest BCUT2D eigenvalue weighted by Gasteiger charge is 2.27. The molecule has 1 aromatic carbocycles. The molecule has 3 atom stereocenters. The van der Waals surface area contributed by atoms with E-state index >= 15 is 0 Å². The van der Waals surface area contributed by atoms with Gasteiger partial charge in [-0.3, -0.25) is 0 Å². The third-order valence-electron chi connectivity index (χ3n) is 4.40. The lowest BCUT2D eigenvalue weighted by molar-refractivity contribution is 0.105. The van der Waals surface area contributed by atoms with Gasteiger partial charge in [0.1, 0.15) is 0 Å².